The Balaban J connectivity index is 1.44. The van der Waals surface area contributed by atoms with E-state index in [1.165, 1.54) is 17.3 Å². The third-order valence-corrected chi connectivity index (χ3v) is 9.59. The first-order valence-corrected chi connectivity index (χ1v) is 13.6. The first-order valence-electron chi connectivity index (χ1n) is 8.95. The zero-order chi connectivity index (χ0) is 19.6. The van der Waals surface area contributed by atoms with Gasteiger partial charge in [-0.05, 0) is 29.5 Å². The van der Waals surface area contributed by atoms with Crippen molar-refractivity contribution in [2.75, 3.05) is 17.3 Å². The Morgan fingerprint density at radius 2 is 2.11 bits per heavy atom. The quantitative estimate of drug-likeness (QED) is 0.688. The molecule has 0 N–H and O–H groups in total. The summed E-state index contributed by atoms with van der Waals surface area (Å²) in [6, 6.07) is 11.7. The second-order valence-electron chi connectivity index (χ2n) is 6.74. The molecule has 2 aliphatic heterocycles. The van der Waals surface area contributed by atoms with Crippen molar-refractivity contribution < 1.29 is 13.2 Å². The molecule has 2 aromatic rings. The summed E-state index contributed by atoms with van der Waals surface area (Å²) in [5, 5.41) is 1.98. The Bertz CT molecular complexity index is 986. The van der Waals surface area contributed by atoms with E-state index in [2.05, 4.69) is 11.1 Å². The molecule has 2 aliphatic rings. The van der Waals surface area contributed by atoms with Gasteiger partial charge in [-0.3, -0.25) is 4.79 Å². The summed E-state index contributed by atoms with van der Waals surface area (Å²) in [6.07, 6.45) is 0.521. The van der Waals surface area contributed by atoms with Crippen molar-refractivity contribution >= 4 is 60.7 Å². The van der Waals surface area contributed by atoms with Gasteiger partial charge in [0.15, 0.2) is 9.84 Å². The zero-order valence-electron chi connectivity index (χ0n) is 15.1. The van der Waals surface area contributed by atoms with Crippen LogP contribution in [0.25, 0.3) is 0 Å². The predicted molar refractivity (Wildman–Crippen MR) is 119 cm³/mol. The van der Waals surface area contributed by atoms with Gasteiger partial charge in [0.2, 0.25) is 5.91 Å². The average molecular weight is 453 g/mol. The Labute approximate surface area is 177 Å². The number of thioether (sulfide) groups is 2. The number of carbonyl (C=O) groups excluding carboxylic acids is 1. The second-order valence-corrected chi connectivity index (χ2v) is 12.2. The monoisotopic (exact) mass is 452 g/mol. The van der Waals surface area contributed by atoms with E-state index < -0.39 is 9.84 Å². The minimum absolute atomic E-state index is 0.0253. The van der Waals surface area contributed by atoms with Crippen molar-refractivity contribution in [1.29, 1.82) is 0 Å². The van der Waals surface area contributed by atoms with Gasteiger partial charge in [0.1, 0.15) is 4.38 Å². The summed E-state index contributed by atoms with van der Waals surface area (Å²) in [4.78, 5) is 20.5. The molecular weight excluding hydrogens is 432 g/mol. The first kappa shape index (κ1) is 20.0. The Kier molecular flexibility index (Phi) is 6.15. The van der Waals surface area contributed by atoms with Crippen LogP contribution in [0.1, 0.15) is 16.9 Å². The van der Waals surface area contributed by atoms with Gasteiger partial charge in [-0.1, -0.05) is 47.8 Å². The highest BCUT2D eigenvalue weighted by molar-refractivity contribution is 8.38. The molecule has 0 aliphatic carbocycles. The fourth-order valence-electron chi connectivity index (χ4n) is 3.30. The van der Waals surface area contributed by atoms with Crippen molar-refractivity contribution in [3.05, 3.63) is 52.2 Å². The van der Waals surface area contributed by atoms with Crippen molar-refractivity contribution in [3.8, 4) is 0 Å². The van der Waals surface area contributed by atoms with Crippen LogP contribution in [0.3, 0.4) is 0 Å². The topological polar surface area (TPSA) is 66.8 Å². The van der Waals surface area contributed by atoms with E-state index in [9.17, 15) is 13.2 Å². The molecule has 28 heavy (non-hydrogen) atoms. The van der Waals surface area contributed by atoms with Gasteiger partial charge in [-0.25, -0.2) is 13.4 Å². The van der Waals surface area contributed by atoms with Crippen LogP contribution < -0.4 is 0 Å². The maximum Gasteiger partial charge on any atom is 0.233 e. The zero-order valence-corrected chi connectivity index (χ0v) is 18.4. The molecule has 5 nitrogen and oxygen atoms in total. The van der Waals surface area contributed by atoms with Gasteiger partial charge in [-0.2, -0.15) is 0 Å². The molecule has 1 unspecified atom stereocenters. The fraction of sp³-hybridized carbons (Fsp3) is 0.368. The molecule has 1 aromatic carbocycles. The number of benzene rings is 1. The van der Waals surface area contributed by atoms with Gasteiger partial charge < -0.3 is 4.90 Å². The normalized spacial score (nSPS) is 20.4. The maximum absolute atomic E-state index is 13.0. The van der Waals surface area contributed by atoms with Crippen LogP contribution in [-0.4, -0.2) is 46.9 Å². The van der Waals surface area contributed by atoms with Gasteiger partial charge in [0.25, 0.3) is 0 Å². The SMILES string of the molecule is O=C(CSC1=Nc2ccccc2CS1)N(Cc1cccs1)C1CCS(=O)(=O)C1. The van der Waals surface area contributed by atoms with Gasteiger partial charge in [0, 0.05) is 16.7 Å². The van der Waals surface area contributed by atoms with Gasteiger partial charge >= 0.3 is 0 Å². The summed E-state index contributed by atoms with van der Waals surface area (Å²) in [7, 11) is -3.05. The summed E-state index contributed by atoms with van der Waals surface area (Å²) >= 11 is 4.68. The highest BCUT2D eigenvalue weighted by Gasteiger charge is 2.34. The maximum atomic E-state index is 13.0. The van der Waals surface area contributed by atoms with Crippen molar-refractivity contribution in [1.82, 2.24) is 4.90 Å². The van der Waals surface area contributed by atoms with E-state index in [4.69, 9.17) is 0 Å². The van der Waals surface area contributed by atoms with Crippen LogP contribution in [0.5, 0.6) is 0 Å². The van der Waals surface area contributed by atoms with Gasteiger partial charge in [0.05, 0.1) is 29.5 Å². The smallest absolute Gasteiger partial charge is 0.233 e. The van der Waals surface area contributed by atoms with Gasteiger partial charge in [-0.15, -0.1) is 11.3 Å². The molecule has 3 heterocycles. The number of thiophene rings is 1. The lowest BCUT2D eigenvalue weighted by Gasteiger charge is -2.28. The van der Waals surface area contributed by atoms with Crippen molar-refractivity contribution in [2.24, 2.45) is 4.99 Å². The molecular formula is C19H20N2O3S4. The molecule has 148 valence electrons. The predicted octanol–water partition coefficient (Wildman–Crippen LogP) is 3.93. The number of hydrogen-bond donors (Lipinski definition) is 0. The summed E-state index contributed by atoms with van der Waals surface area (Å²) < 4.78 is 24.7. The highest BCUT2D eigenvalue weighted by atomic mass is 32.2. The lowest BCUT2D eigenvalue weighted by Crippen LogP contribution is -2.41. The van der Waals surface area contributed by atoms with Crippen LogP contribution in [0, 0.1) is 0 Å². The number of carbonyl (C=O) groups is 1. The largest absolute Gasteiger partial charge is 0.333 e. The number of aliphatic imine (C=N–C) groups is 1. The minimum Gasteiger partial charge on any atom is -0.333 e. The molecule has 0 radical (unpaired) electrons. The lowest BCUT2D eigenvalue weighted by molar-refractivity contribution is -0.130. The molecule has 1 atom stereocenters. The van der Waals surface area contributed by atoms with Crippen LogP contribution in [0.2, 0.25) is 0 Å². The van der Waals surface area contributed by atoms with E-state index in [1.807, 2.05) is 35.7 Å². The van der Waals surface area contributed by atoms with E-state index in [0.717, 1.165) is 20.7 Å². The molecule has 1 saturated heterocycles. The lowest BCUT2D eigenvalue weighted by atomic mass is 10.2. The third-order valence-electron chi connectivity index (χ3n) is 4.75. The van der Waals surface area contributed by atoms with Crippen molar-refractivity contribution in [3.63, 3.8) is 0 Å². The number of fused-ring (bicyclic) bond motifs is 1. The number of sulfone groups is 1. The molecule has 0 spiro atoms. The summed E-state index contributed by atoms with van der Waals surface area (Å²) in [5.41, 5.74) is 2.17. The number of rotatable bonds is 5. The molecule has 1 aromatic heterocycles. The molecule has 4 rings (SSSR count). The third kappa shape index (κ3) is 4.82. The molecule has 0 saturated carbocycles. The minimum atomic E-state index is -3.05. The van der Waals surface area contributed by atoms with E-state index in [1.54, 1.807) is 28.0 Å². The van der Waals surface area contributed by atoms with Crippen LogP contribution in [-0.2, 0) is 26.9 Å². The standard InChI is InChI=1S/C19H20N2O3S4/c22-18(12-27-19-20-17-6-2-1-4-14(17)11-26-19)21(10-16-5-3-8-25-16)15-7-9-28(23,24)13-15/h1-6,8,15H,7,9-13H2. The average Bonchev–Trinajstić information content (AvgIpc) is 3.33. The number of hydrogen-bond acceptors (Lipinski definition) is 7. The molecule has 1 amide bonds. The van der Waals surface area contributed by atoms with E-state index >= 15 is 0 Å². The van der Waals surface area contributed by atoms with Crippen LogP contribution >= 0.6 is 34.9 Å². The van der Waals surface area contributed by atoms with Crippen LogP contribution in [0.15, 0.2) is 46.8 Å². The van der Waals surface area contributed by atoms with E-state index in [0.29, 0.717) is 13.0 Å². The molecule has 1 fully saturated rings. The Morgan fingerprint density at radius 1 is 1.25 bits per heavy atom. The van der Waals surface area contributed by atoms with Crippen LogP contribution in [0.4, 0.5) is 5.69 Å². The number of para-hydroxylation sites is 1. The molecule has 0 bridgehead atoms. The van der Waals surface area contributed by atoms with Crippen molar-refractivity contribution in [2.45, 2.75) is 24.8 Å². The highest BCUT2D eigenvalue weighted by Crippen LogP contribution is 2.34. The first-order chi connectivity index (χ1) is 13.5. The second kappa shape index (κ2) is 8.61. The molecule has 9 heteroatoms. The summed E-state index contributed by atoms with van der Waals surface area (Å²) in [5.74, 6) is 1.34. The Morgan fingerprint density at radius 3 is 2.86 bits per heavy atom. The fourth-order valence-corrected chi connectivity index (χ4v) is 7.69. The number of amides is 1. The number of nitrogens with zero attached hydrogens (tertiary/aromatic N) is 2. The Hall–Kier alpha value is -1.29. The summed E-state index contributed by atoms with van der Waals surface area (Å²) in [6.45, 7) is 0.472. The van der Waals surface area contributed by atoms with E-state index in [-0.39, 0.29) is 29.2 Å².